The fourth-order valence-corrected chi connectivity index (χ4v) is 2.56. The van der Waals surface area contributed by atoms with Crippen LogP contribution in [0.5, 0.6) is 0 Å². The predicted molar refractivity (Wildman–Crippen MR) is 65.7 cm³/mol. The summed E-state index contributed by atoms with van der Waals surface area (Å²) in [5.74, 6) is 0. The molecule has 0 saturated carbocycles. The van der Waals surface area contributed by atoms with Crippen molar-refractivity contribution in [3.63, 3.8) is 0 Å². The quantitative estimate of drug-likeness (QED) is 0.609. The van der Waals surface area contributed by atoms with E-state index in [-0.39, 0.29) is 4.90 Å². The van der Waals surface area contributed by atoms with Gasteiger partial charge in [-0.3, -0.25) is 0 Å². The number of unbranched alkanes of at least 4 members (excludes halogenated alkanes) is 1. The highest BCUT2D eigenvalue weighted by Gasteiger charge is 2.16. The van der Waals surface area contributed by atoms with Crippen molar-refractivity contribution in [1.29, 1.82) is 0 Å². The van der Waals surface area contributed by atoms with Crippen LogP contribution < -0.4 is 10.5 Å². The van der Waals surface area contributed by atoms with E-state index in [2.05, 4.69) is 4.72 Å². The summed E-state index contributed by atoms with van der Waals surface area (Å²) < 4.78 is 26.2. The van der Waals surface area contributed by atoms with Crippen LogP contribution in [0.2, 0.25) is 0 Å². The van der Waals surface area contributed by atoms with Gasteiger partial charge in [0.1, 0.15) is 4.90 Å². The minimum atomic E-state index is -3.45. The number of nitrogens with two attached hydrogens (primary N) is 1. The third kappa shape index (κ3) is 3.21. The second kappa shape index (κ2) is 5.32. The second-order valence-corrected chi connectivity index (χ2v) is 5.53. The summed E-state index contributed by atoms with van der Waals surface area (Å²) in [6.45, 7) is 4.33. The van der Waals surface area contributed by atoms with Crippen molar-refractivity contribution >= 4 is 15.7 Å². The Labute approximate surface area is 96.9 Å². The van der Waals surface area contributed by atoms with E-state index < -0.39 is 10.0 Å². The SMILES string of the molecule is CCCCNS(=O)(=O)c1ccc(C)cc1N. The molecule has 0 heterocycles. The van der Waals surface area contributed by atoms with Crippen LogP contribution in [0.25, 0.3) is 0 Å². The van der Waals surface area contributed by atoms with Gasteiger partial charge >= 0.3 is 0 Å². The number of hydrogen-bond donors (Lipinski definition) is 2. The van der Waals surface area contributed by atoms with Crippen LogP contribution in [-0.2, 0) is 10.0 Å². The molecule has 4 nitrogen and oxygen atoms in total. The maximum atomic E-state index is 11.8. The van der Waals surface area contributed by atoms with Gasteiger partial charge in [-0.15, -0.1) is 0 Å². The van der Waals surface area contributed by atoms with Crippen LogP contribution in [0.1, 0.15) is 25.3 Å². The van der Waals surface area contributed by atoms with Crippen molar-refractivity contribution < 1.29 is 8.42 Å². The van der Waals surface area contributed by atoms with Gasteiger partial charge in [-0.2, -0.15) is 0 Å². The molecule has 0 aromatic heterocycles. The molecule has 1 aromatic rings. The number of nitrogen functional groups attached to an aromatic ring is 1. The van der Waals surface area contributed by atoms with Crippen molar-refractivity contribution in [2.75, 3.05) is 12.3 Å². The van der Waals surface area contributed by atoms with Gasteiger partial charge in [0.15, 0.2) is 0 Å². The first kappa shape index (κ1) is 13.0. The van der Waals surface area contributed by atoms with E-state index >= 15 is 0 Å². The van der Waals surface area contributed by atoms with Crippen LogP contribution in [-0.4, -0.2) is 15.0 Å². The number of hydrogen-bond acceptors (Lipinski definition) is 3. The van der Waals surface area contributed by atoms with Gasteiger partial charge < -0.3 is 5.73 Å². The van der Waals surface area contributed by atoms with Crippen molar-refractivity contribution in [2.24, 2.45) is 0 Å². The molecule has 5 heteroatoms. The lowest BCUT2D eigenvalue weighted by Gasteiger charge is -2.09. The Kier molecular flexibility index (Phi) is 4.32. The number of sulfonamides is 1. The smallest absolute Gasteiger partial charge is 0.242 e. The fourth-order valence-electron chi connectivity index (χ4n) is 1.37. The van der Waals surface area contributed by atoms with Gasteiger partial charge in [0.2, 0.25) is 10.0 Å². The molecule has 0 aliphatic heterocycles. The van der Waals surface area contributed by atoms with E-state index in [1.807, 2.05) is 13.8 Å². The number of rotatable bonds is 5. The highest BCUT2D eigenvalue weighted by Crippen LogP contribution is 2.19. The molecular formula is C11H18N2O2S. The van der Waals surface area contributed by atoms with E-state index in [0.29, 0.717) is 12.2 Å². The molecule has 0 spiro atoms. The van der Waals surface area contributed by atoms with E-state index in [1.165, 1.54) is 0 Å². The standard InChI is InChI=1S/C11H18N2O2S/c1-3-4-7-13-16(14,15)11-6-5-9(2)8-10(11)12/h5-6,8,13H,3-4,7,12H2,1-2H3. The molecule has 0 fully saturated rings. The van der Waals surface area contributed by atoms with Crippen LogP contribution in [0.3, 0.4) is 0 Å². The largest absolute Gasteiger partial charge is 0.398 e. The Morgan fingerprint density at radius 1 is 1.38 bits per heavy atom. The summed E-state index contributed by atoms with van der Waals surface area (Å²) in [6, 6.07) is 4.94. The molecule has 1 rings (SSSR count). The number of aryl methyl sites for hydroxylation is 1. The maximum Gasteiger partial charge on any atom is 0.242 e. The second-order valence-electron chi connectivity index (χ2n) is 3.79. The van der Waals surface area contributed by atoms with E-state index in [1.54, 1.807) is 18.2 Å². The Morgan fingerprint density at radius 2 is 2.06 bits per heavy atom. The Bertz CT molecular complexity index is 455. The highest BCUT2D eigenvalue weighted by atomic mass is 32.2. The normalized spacial score (nSPS) is 11.6. The summed E-state index contributed by atoms with van der Waals surface area (Å²) in [4.78, 5) is 0.161. The van der Waals surface area contributed by atoms with Gasteiger partial charge in [-0.05, 0) is 31.0 Å². The summed E-state index contributed by atoms with van der Waals surface area (Å²) in [5.41, 5.74) is 6.94. The Morgan fingerprint density at radius 3 is 2.62 bits per heavy atom. The first-order chi connectivity index (χ1) is 7.47. The zero-order valence-electron chi connectivity index (χ0n) is 9.66. The maximum absolute atomic E-state index is 11.8. The predicted octanol–water partition coefficient (Wildman–Crippen LogP) is 1.66. The molecule has 0 amide bonds. The number of anilines is 1. The third-order valence-electron chi connectivity index (χ3n) is 2.28. The highest BCUT2D eigenvalue weighted by molar-refractivity contribution is 7.89. The van der Waals surface area contributed by atoms with Gasteiger partial charge in [0.05, 0.1) is 5.69 Å². The summed E-state index contributed by atoms with van der Waals surface area (Å²) in [5, 5.41) is 0. The molecule has 0 radical (unpaired) electrons. The molecule has 0 atom stereocenters. The zero-order valence-corrected chi connectivity index (χ0v) is 10.5. The molecule has 0 bridgehead atoms. The van der Waals surface area contributed by atoms with Gasteiger partial charge in [-0.1, -0.05) is 19.4 Å². The first-order valence-electron chi connectivity index (χ1n) is 5.33. The lowest BCUT2D eigenvalue weighted by atomic mass is 10.2. The first-order valence-corrected chi connectivity index (χ1v) is 6.81. The molecule has 0 aliphatic carbocycles. The van der Waals surface area contributed by atoms with E-state index in [4.69, 9.17) is 5.73 Å². The van der Waals surface area contributed by atoms with Crippen LogP contribution in [0, 0.1) is 6.92 Å². The number of nitrogens with one attached hydrogen (secondary N) is 1. The monoisotopic (exact) mass is 242 g/mol. The van der Waals surface area contributed by atoms with E-state index in [0.717, 1.165) is 18.4 Å². The van der Waals surface area contributed by atoms with Crippen molar-refractivity contribution in [1.82, 2.24) is 4.72 Å². The van der Waals surface area contributed by atoms with Crippen molar-refractivity contribution in [2.45, 2.75) is 31.6 Å². The summed E-state index contributed by atoms with van der Waals surface area (Å²) in [6.07, 6.45) is 1.77. The molecule has 3 N–H and O–H groups in total. The van der Waals surface area contributed by atoms with Crippen LogP contribution in [0.4, 0.5) is 5.69 Å². The number of benzene rings is 1. The Balaban J connectivity index is 2.90. The van der Waals surface area contributed by atoms with Gasteiger partial charge in [0.25, 0.3) is 0 Å². The van der Waals surface area contributed by atoms with Gasteiger partial charge in [0, 0.05) is 6.54 Å². The minimum absolute atomic E-state index is 0.161. The molecule has 90 valence electrons. The topological polar surface area (TPSA) is 72.2 Å². The zero-order chi connectivity index (χ0) is 12.2. The fraction of sp³-hybridized carbons (Fsp3) is 0.455. The van der Waals surface area contributed by atoms with Crippen molar-refractivity contribution in [3.8, 4) is 0 Å². The van der Waals surface area contributed by atoms with Crippen LogP contribution >= 0.6 is 0 Å². The lowest BCUT2D eigenvalue weighted by molar-refractivity contribution is 0.579. The molecule has 0 unspecified atom stereocenters. The molecular weight excluding hydrogens is 224 g/mol. The molecule has 16 heavy (non-hydrogen) atoms. The summed E-state index contributed by atoms with van der Waals surface area (Å²) in [7, 11) is -3.45. The molecule has 1 aromatic carbocycles. The Hall–Kier alpha value is -1.07. The average molecular weight is 242 g/mol. The molecule has 0 saturated heterocycles. The summed E-state index contributed by atoms with van der Waals surface area (Å²) >= 11 is 0. The lowest BCUT2D eigenvalue weighted by Crippen LogP contribution is -2.25. The average Bonchev–Trinajstić information content (AvgIpc) is 2.17. The van der Waals surface area contributed by atoms with Crippen molar-refractivity contribution in [3.05, 3.63) is 23.8 Å². The third-order valence-corrected chi connectivity index (χ3v) is 3.81. The van der Waals surface area contributed by atoms with Gasteiger partial charge in [-0.25, -0.2) is 13.1 Å². The molecule has 0 aliphatic rings. The van der Waals surface area contributed by atoms with E-state index in [9.17, 15) is 8.42 Å². The minimum Gasteiger partial charge on any atom is -0.398 e. The van der Waals surface area contributed by atoms with Crippen LogP contribution in [0.15, 0.2) is 23.1 Å².